The van der Waals surface area contributed by atoms with Gasteiger partial charge in [0.2, 0.25) is 0 Å². The van der Waals surface area contributed by atoms with Gasteiger partial charge in [-0.1, -0.05) is 91.0 Å². The standard InChI is InChI=1S/C23H22N2O/c24-20(16-26)23(25)22(19-14-8-3-9-15-19)21(17-10-4-1-5-11-17)18-12-6-2-7-13-18/h1-15,21-22,24-26H,16H2. The fourth-order valence-corrected chi connectivity index (χ4v) is 3.36. The van der Waals surface area contributed by atoms with E-state index in [0.717, 1.165) is 16.7 Å². The van der Waals surface area contributed by atoms with Gasteiger partial charge in [0.25, 0.3) is 0 Å². The first-order chi connectivity index (χ1) is 12.7. The molecule has 3 aromatic carbocycles. The van der Waals surface area contributed by atoms with Crippen molar-refractivity contribution in [3.05, 3.63) is 108 Å². The summed E-state index contributed by atoms with van der Waals surface area (Å²) in [6.45, 7) is -0.432. The molecule has 1 atom stereocenters. The molecule has 0 radical (unpaired) electrons. The molecule has 130 valence electrons. The van der Waals surface area contributed by atoms with Gasteiger partial charge in [0.15, 0.2) is 0 Å². The third kappa shape index (κ3) is 3.79. The van der Waals surface area contributed by atoms with Crippen LogP contribution in [0.25, 0.3) is 0 Å². The lowest BCUT2D eigenvalue weighted by atomic mass is 9.74. The number of rotatable bonds is 7. The van der Waals surface area contributed by atoms with Gasteiger partial charge in [-0.25, -0.2) is 0 Å². The Kier molecular flexibility index (Phi) is 5.72. The van der Waals surface area contributed by atoms with Gasteiger partial charge in [-0.3, -0.25) is 0 Å². The fraction of sp³-hybridized carbons (Fsp3) is 0.130. The highest BCUT2D eigenvalue weighted by atomic mass is 16.3. The van der Waals surface area contributed by atoms with Crippen LogP contribution in [-0.2, 0) is 0 Å². The van der Waals surface area contributed by atoms with E-state index in [0.29, 0.717) is 0 Å². The summed E-state index contributed by atoms with van der Waals surface area (Å²) in [7, 11) is 0. The van der Waals surface area contributed by atoms with Crippen molar-refractivity contribution < 1.29 is 5.11 Å². The van der Waals surface area contributed by atoms with Gasteiger partial charge in [-0.2, -0.15) is 0 Å². The Morgan fingerprint density at radius 1 is 0.654 bits per heavy atom. The van der Waals surface area contributed by atoms with Gasteiger partial charge in [-0.15, -0.1) is 0 Å². The van der Waals surface area contributed by atoms with Crippen molar-refractivity contribution in [2.75, 3.05) is 6.61 Å². The summed E-state index contributed by atoms with van der Waals surface area (Å²) in [5, 5.41) is 26.2. The van der Waals surface area contributed by atoms with Crippen LogP contribution in [0.3, 0.4) is 0 Å². The average molecular weight is 342 g/mol. The molecule has 3 rings (SSSR count). The fourth-order valence-electron chi connectivity index (χ4n) is 3.36. The number of hydrogen-bond donors (Lipinski definition) is 3. The van der Waals surface area contributed by atoms with Gasteiger partial charge in [0.05, 0.1) is 18.0 Å². The zero-order valence-electron chi connectivity index (χ0n) is 14.5. The van der Waals surface area contributed by atoms with Crippen LogP contribution >= 0.6 is 0 Å². The Morgan fingerprint density at radius 3 is 1.42 bits per heavy atom. The van der Waals surface area contributed by atoms with Crippen LogP contribution in [-0.4, -0.2) is 23.1 Å². The molecule has 0 bridgehead atoms. The lowest BCUT2D eigenvalue weighted by Crippen LogP contribution is -2.28. The Labute approximate surface area is 154 Å². The highest BCUT2D eigenvalue weighted by Crippen LogP contribution is 2.39. The third-order valence-electron chi connectivity index (χ3n) is 4.60. The number of aliphatic hydroxyl groups is 1. The molecule has 26 heavy (non-hydrogen) atoms. The highest BCUT2D eigenvalue weighted by molar-refractivity contribution is 6.42. The highest BCUT2D eigenvalue weighted by Gasteiger charge is 2.31. The Bertz CT molecular complexity index is 821. The van der Waals surface area contributed by atoms with Crippen molar-refractivity contribution in [3.63, 3.8) is 0 Å². The molecule has 3 heteroatoms. The molecule has 0 saturated carbocycles. The van der Waals surface area contributed by atoms with E-state index >= 15 is 0 Å². The second-order valence-corrected chi connectivity index (χ2v) is 6.24. The van der Waals surface area contributed by atoms with E-state index in [4.69, 9.17) is 10.8 Å². The van der Waals surface area contributed by atoms with E-state index in [1.807, 2.05) is 66.7 Å². The molecule has 3 N–H and O–H groups in total. The second kappa shape index (κ2) is 8.37. The molecule has 0 heterocycles. The Hall–Kier alpha value is -3.04. The normalized spacial score (nSPS) is 11.9. The van der Waals surface area contributed by atoms with Crippen molar-refractivity contribution in [2.24, 2.45) is 0 Å². The predicted molar refractivity (Wildman–Crippen MR) is 106 cm³/mol. The first kappa shape index (κ1) is 17.8. The largest absolute Gasteiger partial charge is 0.390 e. The molecule has 0 aromatic heterocycles. The summed E-state index contributed by atoms with van der Waals surface area (Å²) in [4.78, 5) is 0. The number of benzene rings is 3. The number of aliphatic hydroxyl groups excluding tert-OH is 1. The Morgan fingerprint density at radius 2 is 1.04 bits per heavy atom. The zero-order chi connectivity index (χ0) is 18.4. The molecule has 0 fully saturated rings. The van der Waals surface area contributed by atoms with E-state index in [-0.39, 0.29) is 23.3 Å². The van der Waals surface area contributed by atoms with Crippen molar-refractivity contribution in [1.82, 2.24) is 0 Å². The molecular formula is C23H22N2O. The van der Waals surface area contributed by atoms with E-state index in [9.17, 15) is 5.11 Å². The van der Waals surface area contributed by atoms with Crippen molar-refractivity contribution in [2.45, 2.75) is 11.8 Å². The monoisotopic (exact) mass is 342 g/mol. The van der Waals surface area contributed by atoms with Gasteiger partial charge < -0.3 is 15.9 Å². The summed E-state index contributed by atoms with van der Waals surface area (Å²) >= 11 is 0. The second-order valence-electron chi connectivity index (χ2n) is 6.24. The molecule has 0 aliphatic heterocycles. The van der Waals surface area contributed by atoms with Crippen LogP contribution < -0.4 is 0 Å². The quantitative estimate of drug-likeness (QED) is 0.538. The Balaban J connectivity index is 2.19. The summed E-state index contributed by atoms with van der Waals surface area (Å²) in [6, 6.07) is 30.0. The minimum Gasteiger partial charge on any atom is -0.390 e. The minimum atomic E-state index is -0.432. The predicted octanol–water partition coefficient (Wildman–Crippen LogP) is 4.63. The molecule has 0 aliphatic rings. The maximum absolute atomic E-state index is 9.46. The molecule has 0 saturated heterocycles. The van der Waals surface area contributed by atoms with Gasteiger partial charge in [0.1, 0.15) is 0 Å². The van der Waals surface area contributed by atoms with Crippen LogP contribution in [0.1, 0.15) is 28.5 Å². The lowest BCUT2D eigenvalue weighted by Gasteiger charge is -2.29. The van der Waals surface area contributed by atoms with E-state index in [1.165, 1.54) is 0 Å². The molecule has 0 amide bonds. The number of nitrogens with one attached hydrogen (secondary N) is 2. The summed E-state index contributed by atoms with van der Waals surface area (Å²) in [6.07, 6.45) is 0. The van der Waals surface area contributed by atoms with Crippen LogP contribution in [0.15, 0.2) is 91.0 Å². The summed E-state index contributed by atoms with van der Waals surface area (Å²) in [5.41, 5.74) is 3.24. The van der Waals surface area contributed by atoms with Gasteiger partial charge in [-0.05, 0) is 16.7 Å². The molecule has 3 aromatic rings. The van der Waals surface area contributed by atoms with Crippen molar-refractivity contribution in [3.8, 4) is 0 Å². The summed E-state index contributed by atoms with van der Waals surface area (Å²) < 4.78 is 0. The van der Waals surface area contributed by atoms with E-state index in [2.05, 4.69) is 24.3 Å². The van der Waals surface area contributed by atoms with Crippen LogP contribution in [0.2, 0.25) is 0 Å². The molecular weight excluding hydrogens is 320 g/mol. The van der Waals surface area contributed by atoms with Crippen molar-refractivity contribution >= 4 is 11.4 Å². The first-order valence-electron chi connectivity index (χ1n) is 8.64. The maximum Gasteiger partial charge on any atom is 0.0864 e. The number of hydrogen-bond acceptors (Lipinski definition) is 3. The van der Waals surface area contributed by atoms with Gasteiger partial charge in [0, 0.05) is 11.8 Å². The lowest BCUT2D eigenvalue weighted by molar-refractivity contribution is 0.358. The SMILES string of the molecule is N=C(CO)C(=N)C(c1ccccc1)C(c1ccccc1)c1ccccc1. The summed E-state index contributed by atoms with van der Waals surface area (Å²) in [5.74, 6) is -0.458. The van der Waals surface area contributed by atoms with Crippen LogP contribution in [0.4, 0.5) is 0 Å². The average Bonchev–Trinajstić information content (AvgIpc) is 2.72. The van der Waals surface area contributed by atoms with Crippen LogP contribution in [0.5, 0.6) is 0 Å². The first-order valence-corrected chi connectivity index (χ1v) is 8.64. The van der Waals surface area contributed by atoms with Crippen LogP contribution in [0, 0.1) is 10.8 Å². The van der Waals surface area contributed by atoms with E-state index in [1.54, 1.807) is 0 Å². The zero-order valence-corrected chi connectivity index (χ0v) is 14.5. The maximum atomic E-state index is 9.46. The molecule has 3 nitrogen and oxygen atoms in total. The van der Waals surface area contributed by atoms with Crippen molar-refractivity contribution in [1.29, 1.82) is 10.8 Å². The third-order valence-corrected chi connectivity index (χ3v) is 4.60. The molecule has 0 spiro atoms. The smallest absolute Gasteiger partial charge is 0.0864 e. The van der Waals surface area contributed by atoms with Gasteiger partial charge >= 0.3 is 0 Å². The minimum absolute atomic E-state index is 0.0456. The molecule has 1 unspecified atom stereocenters. The van der Waals surface area contributed by atoms with E-state index < -0.39 is 6.61 Å². The topological polar surface area (TPSA) is 67.9 Å². The molecule has 0 aliphatic carbocycles.